The Hall–Kier alpha value is -4.96. The number of hydrogen-bond donors (Lipinski definition) is 0. The molecule has 0 aliphatic carbocycles. The summed E-state index contributed by atoms with van der Waals surface area (Å²) in [6.45, 7) is 12.6. The van der Waals surface area contributed by atoms with Crippen LogP contribution in [-0.2, 0) is 20.1 Å². The molecule has 0 saturated carbocycles. The van der Waals surface area contributed by atoms with E-state index in [1.165, 1.54) is 38.6 Å². The van der Waals surface area contributed by atoms with Gasteiger partial charge in [0.1, 0.15) is 0 Å². The van der Waals surface area contributed by atoms with Crippen LogP contribution in [-0.4, -0.2) is 15.0 Å². The smallest absolute Gasteiger partial charge is 0.0847 e. The van der Waals surface area contributed by atoms with Gasteiger partial charge in [-0.15, -0.1) is 41.0 Å². The summed E-state index contributed by atoms with van der Waals surface area (Å²) in [7, 11) is 0. The van der Waals surface area contributed by atoms with Gasteiger partial charge < -0.3 is 9.40 Å². The zero-order valence-electron chi connectivity index (χ0n) is 27.9. The maximum absolute atomic E-state index is 5.72. The monoisotopic (exact) mass is 802 g/mol. The number of fused-ring (bicyclic) bond motifs is 4. The first kappa shape index (κ1) is 33.0. The number of benzene rings is 4. The van der Waals surface area contributed by atoms with Crippen LogP contribution in [0.5, 0.6) is 0 Å². The van der Waals surface area contributed by atoms with Gasteiger partial charge in [-0.2, -0.15) is 0 Å². The zero-order valence-corrected chi connectivity index (χ0v) is 30.3. The van der Waals surface area contributed by atoms with E-state index >= 15 is 0 Å². The molecule has 0 spiro atoms. The van der Waals surface area contributed by atoms with Crippen molar-refractivity contribution in [1.29, 1.82) is 0 Å². The fourth-order valence-corrected chi connectivity index (χ4v) is 5.88. The molecule has 8 rings (SSSR count). The van der Waals surface area contributed by atoms with Crippen LogP contribution in [0.3, 0.4) is 0 Å². The number of rotatable bonds is 3. The molecule has 4 nitrogen and oxygen atoms in total. The molecule has 0 N–H and O–H groups in total. The van der Waals surface area contributed by atoms with Crippen molar-refractivity contribution in [2.45, 2.75) is 41.5 Å². The Morgan fingerprint density at radius 1 is 0.667 bits per heavy atom. The van der Waals surface area contributed by atoms with Crippen molar-refractivity contribution in [2.24, 2.45) is 0 Å². The van der Waals surface area contributed by atoms with Crippen molar-refractivity contribution < 1.29 is 24.5 Å². The predicted molar refractivity (Wildman–Crippen MR) is 193 cm³/mol. The maximum atomic E-state index is 5.72. The summed E-state index contributed by atoms with van der Waals surface area (Å²) >= 11 is 0. The molecule has 4 heterocycles. The molecular formula is C43H35IrN3O-2. The molecule has 0 bridgehead atoms. The SMILES string of the molecule is Cc1c[c-]c(-c2cc(C)c(C)cn2)cc1C.Cc1ccc2cc(-c3cccnc3-c3[c-]c4ccoc4c4ncc(C)cc34)ccc2c1.[Ir]. The van der Waals surface area contributed by atoms with Gasteiger partial charge in [-0.25, -0.2) is 0 Å². The average Bonchev–Trinajstić information content (AvgIpc) is 3.56. The molecular weight excluding hydrogens is 767 g/mol. The van der Waals surface area contributed by atoms with Gasteiger partial charge in [-0.05, 0) is 78.5 Å². The number of furan rings is 1. The second kappa shape index (κ2) is 13.6. The molecule has 0 fully saturated rings. The van der Waals surface area contributed by atoms with Crippen LogP contribution in [0.4, 0.5) is 0 Å². The van der Waals surface area contributed by atoms with Crippen LogP contribution < -0.4 is 0 Å². The van der Waals surface area contributed by atoms with Crippen LogP contribution in [0.1, 0.15) is 33.4 Å². The summed E-state index contributed by atoms with van der Waals surface area (Å²) in [4.78, 5) is 13.9. The number of aromatic nitrogens is 3. The third kappa shape index (κ3) is 6.44. The second-order valence-electron chi connectivity index (χ2n) is 12.4. The largest absolute Gasteiger partial charge is 0.506 e. The third-order valence-electron chi connectivity index (χ3n) is 8.86. The molecule has 4 aromatic carbocycles. The van der Waals surface area contributed by atoms with Crippen LogP contribution in [0, 0.1) is 53.7 Å². The van der Waals surface area contributed by atoms with Crippen molar-refractivity contribution in [2.75, 3.05) is 0 Å². The molecule has 239 valence electrons. The van der Waals surface area contributed by atoms with Gasteiger partial charge >= 0.3 is 0 Å². The fraction of sp³-hybridized carbons (Fsp3) is 0.140. The summed E-state index contributed by atoms with van der Waals surface area (Å²) in [6, 6.07) is 34.4. The molecule has 0 aliphatic heterocycles. The van der Waals surface area contributed by atoms with E-state index in [0.717, 1.165) is 61.1 Å². The molecule has 0 amide bonds. The predicted octanol–water partition coefficient (Wildman–Crippen LogP) is 11.1. The Morgan fingerprint density at radius 2 is 1.46 bits per heavy atom. The fourth-order valence-electron chi connectivity index (χ4n) is 5.88. The van der Waals surface area contributed by atoms with Crippen LogP contribution in [0.2, 0.25) is 0 Å². The van der Waals surface area contributed by atoms with Gasteiger partial charge in [-0.3, -0.25) is 9.97 Å². The Balaban J connectivity index is 0.000000201. The van der Waals surface area contributed by atoms with E-state index < -0.39 is 0 Å². The van der Waals surface area contributed by atoms with E-state index in [2.05, 4.69) is 117 Å². The van der Waals surface area contributed by atoms with E-state index in [-0.39, 0.29) is 20.1 Å². The van der Waals surface area contributed by atoms with Gasteiger partial charge in [0.25, 0.3) is 0 Å². The number of aryl methyl sites for hydroxylation is 6. The minimum atomic E-state index is 0. The van der Waals surface area contributed by atoms with Gasteiger partial charge in [0.2, 0.25) is 0 Å². The number of nitrogens with zero attached hydrogens (tertiary/aromatic N) is 3. The first-order valence-corrected chi connectivity index (χ1v) is 15.8. The molecule has 8 aromatic rings. The first-order valence-electron chi connectivity index (χ1n) is 15.8. The van der Waals surface area contributed by atoms with E-state index in [1.54, 1.807) is 6.26 Å². The normalized spacial score (nSPS) is 11.0. The summed E-state index contributed by atoms with van der Waals surface area (Å²) in [5.41, 5.74) is 15.1. The summed E-state index contributed by atoms with van der Waals surface area (Å²) in [6.07, 6.45) is 7.33. The standard InChI is InChI=1S/C28H19N2O.C15H16N.Ir/c1-17-5-6-20-14-21(8-7-19(20)12-17)23-4-3-10-29-26(23)25-15-22-9-11-31-28(22)27-24(25)13-18(2)16-30-27;1-10-5-6-14(7-11(10)2)15-8-12(3)13(4)9-16-15;/h3-14,16H,1-2H3;5,7-9H,1-4H3;/q2*-1;. The van der Waals surface area contributed by atoms with E-state index in [9.17, 15) is 0 Å². The molecule has 0 unspecified atom stereocenters. The van der Waals surface area contributed by atoms with Gasteiger partial charge in [0.05, 0.1) is 5.58 Å². The van der Waals surface area contributed by atoms with Crippen LogP contribution >= 0.6 is 0 Å². The molecule has 0 aliphatic rings. The van der Waals surface area contributed by atoms with Crippen molar-refractivity contribution in [3.63, 3.8) is 0 Å². The van der Waals surface area contributed by atoms with Gasteiger partial charge in [-0.1, -0.05) is 95.9 Å². The molecule has 4 aromatic heterocycles. The Kier molecular flexibility index (Phi) is 9.37. The number of hydrogen-bond acceptors (Lipinski definition) is 4. The van der Waals surface area contributed by atoms with E-state index in [1.807, 2.05) is 43.7 Å². The minimum absolute atomic E-state index is 0. The maximum Gasteiger partial charge on any atom is 0.0847 e. The van der Waals surface area contributed by atoms with Crippen molar-refractivity contribution in [1.82, 2.24) is 15.0 Å². The summed E-state index contributed by atoms with van der Waals surface area (Å²) in [5, 5.41) is 4.36. The van der Waals surface area contributed by atoms with Crippen LogP contribution in [0.15, 0.2) is 108 Å². The quantitative estimate of drug-likeness (QED) is 0.167. The first-order chi connectivity index (χ1) is 22.7. The second-order valence-corrected chi connectivity index (χ2v) is 12.4. The van der Waals surface area contributed by atoms with E-state index in [0.29, 0.717) is 0 Å². The summed E-state index contributed by atoms with van der Waals surface area (Å²) in [5.74, 6) is 0. The third-order valence-corrected chi connectivity index (χ3v) is 8.86. The van der Waals surface area contributed by atoms with E-state index in [4.69, 9.17) is 9.40 Å². The van der Waals surface area contributed by atoms with Gasteiger partial charge in [0.15, 0.2) is 0 Å². The topological polar surface area (TPSA) is 51.8 Å². The van der Waals surface area contributed by atoms with Gasteiger partial charge in [0, 0.05) is 56.2 Å². The van der Waals surface area contributed by atoms with Crippen molar-refractivity contribution in [3.05, 3.63) is 149 Å². The molecule has 48 heavy (non-hydrogen) atoms. The minimum Gasteiger partial charge on any atom is -0.506 e. The zero-order chi connectivity index (χ0) is 32.7. The average molecular weight is 802 g/mol. The Morgan fingerprint density at radius 3 is 2.27 bits per heavy atom. The Labute approximate surface area is 295 Å². The Bertz CT molecular complexity index is 2390. The summed E-state index contributed by atoms with van der Waals surface area (Å²) < 4.78 is 5.72. The molecule has 0 saturated heterocycles. The molecule has 5 heteroatoms. The van der Waals surface area contributed by atoms with Crippen molar-refractivity contribution in [3.8, 4) is 33.6 Å². The van der Waals surface area contributed by atoms with Crippen LogP contribution in [0.25, 0.3) is 66.3 Å². The van der Waals surface area contributed by atoms with Crippen molar-refractivity contribution >= 4 is 32.6 Å². The molecule has 0 atom stereocenters. The molecule has 1 radical (unpaired) electrons. The number of pyridine rings is 3.